The maximum absolute atomic E-state index is 2.61. The molecule has 0 N–H and O–H groups in total. The second-order valence-corrected chi connectivity index (χ2v) is 32.4. The topological polar surface area (TPSA) is 6.48 Å². The van der Waals surface area contributed by atoms with Crippen LogP contribution in [0.5, 0.6) is 0 Å². The van der Waals surface area contributed by atoms with Crippen LogP contribution in [-0.4, -0.2) is 0 Å². The molecule has 2 aliphatic carbocycles. The van der Waals surface area contributed by atoms with Gasteiger partial charge in [-0.05, 0) is 233 Å². The third kappa shape index (κ3) is 16.4. The third-order valence-corrected chi connectivity index (χ3v) is 25.0. The Morgan fingerprint density at radius 2 is 0.482 bits per heavy atom. The van der Waals surface area contributed by atoms with E-state index in [1.807, 2.05) is 0 Å². The molecule has 14 aromatic rings. The summed E-state index contributed by atoms with van der Waals surface area (Å²) in [5, 5.41) is 0. The Morgan fingerprint density at radius 3 is 0.851 bits per heavy atom. The van der Waals surface area contributed by atoms with Crippen LogP contribution in [0.3, 0.4) is 0 Å². The minimum Gasteiger partial charge on any atom is -0.310 e. The zero-order chi connectivity index (χ0) is 78.4. The van der Waals surface area contributed by atoms with Crippen molar-refractivity contribution in [2.75, 3.05) is 9.80 Å². The summed E-state index contributed by atoms with van der Waals surface area (Å²) in [4.78, 5) is 5.08. The Morgan fingerprint density at radius 1 is 0.219 bits per heavy atom. The lowest BCUT2D eigenvalue weighted by atomic mass is 9.70. The van der Waals surface area contributed by atoms with Crippen molar-refractivity contribution in [3.63, 3.8) is 0 Å². The monoisotopic (exact) mass is 1520 g/mol. The van der Waals surface area contributed by atoms with Crippen LogP contribution in [0, 0.1) is 0 Å². The number of rotatable bonds is 31. The first-order valence-corrected chi connectivity index (χ1v) is 45.1. The van der Waals surface area contributed by atoms with E-state index in [-0.39, 0.29) is 16.2 Å². The van der Waals surface area contributed by atoms with Crippen LogP contribution in [0.1, 0.15) is 184 Å². The Kier molecular flexibility index (Phi) is 25.1. The van der Waals surface area contributed by atoms with Crippen LogP contribution in [0.15, 0.2) is 340 Å². The number of unbranched alkanes of at least 4 members (excludes halogenated alkanes) is 9. The van der Waals surface area contributed by atoms with Gasteiger partial charge in [0, 0.05) is 50.4 Å². The SMILES string of the molecule is CCCCCCC1(CCCCC)c2ccccc2-c2ccc(N(c3ccc(C(C)(C)c4ccc(N(c5cccc(-c6cccc(-c7ccc(-c8ccccc8)cc7)c6)c5)c5ccc6c(c5)C(CCCCC)(CCCCC)c5ccccc5-6)cc4)cc3)c3cccc(-c4cccc(-c5ccc(-c6ccccc6)cc5)c4)c3)cc21.PP. The molecular formula is C110H112N2P2. The van der Waals surface area contributed by atoms with E-state index in [0.717, 1.165) is 48.4 Å². The average Bonchev–Trinajstić information content (AvgIpc) is 1.57. The number of nitrogens with zero attached hydrogens (tertiary/aromatic N) is 2. The molecule has 0 spiro atoms. The maximum Gasteiger partial charge on any atom is 0.0467 e. The fourth-order valence-corrected chi connectivity index (χ4v) is 18.9. The highest BCUT2D eigenvalue weighted by molar-refractivity contribution is 7.92. The minimum atomic E-state index is -0.350. The highest BCUT2D eigenvalue weighted by atomic mass is 32.0. The van der Waals surface area contributed by atoms with Crippen molar-refractivity contribution in [2.45, 2.75) is 167 Å². The molecule has 3 atom stereocenters. The number of hydrogen-bond acceptors (Lipinski definition) is 2. The highest BCUT2D eigenvalue weighted by Gasteiger charge is 2.44. The van der Waals surface area contributed by atoms with E-state index >= 15 is 0 Å². The molecule has 0 aromatic heterocycles. The maximum atomic E-state index is 2.61. The van der Waals surface area contributed by atoms with Crippen LogP contribution < -0.4 is 9.80 Å². The minimum absolute atomic E-state index is 0.0601. The molecule has 16 rings (SSSR count). The van der Waals surface area contributed by atoms with Crippen LogP contribution in [0.2, 0.25) is 0 Å². The summed E-state index contributed by atoms with van der Waals surface area (Å²) in [5.41, 5.74) is 35.0. The largest absolute Gasteiger partial charge is 0.310 e. The van der Waals surface area contributed by atoms with E-state index in [1.54, 1.807) is 0 Å². The van der Waals surface area contributed by atoms with Crippen molar-refractivity contribution in [3.05, 3.63) is 373 Å². The van der Waals surface area contributed by atoms with E-state index in [4.69, 9.17) is 0 Å². The van der Waals surface area contributed by atoms with E-state index in [1.165, 1.54) is 217 Å². The number of fused-ring (bicyclic) bond motifs is 6. The molecule has 3 unspecified atom stereocenters. The van der Waals surface area contributed by atoms with E-state index in [2.05, 4.69) is 409 Å². The molecule has 0 saturated heterocycles. The van der Waals surface area contributed by atoms with Gasteiger partial charge in [0.15, 0.2) is 0 Å². The Bertz CT molecular complexity index is 5520. The van der Waals surface area contributed by atoms with Gasteiger partial charge in [0.1, 0.15) is 0 Å². The number of anilines is 6. The van der Waals surface area contributed by atoms with Crippen LogP contribution in [0.4, 0.5) is 34.1 Å². The summed E-state index contributed by atoms with van der Waals surface area (Å²) in [6.45, 7) is 14.2. The van der Waals surface area contributed by atoms with Crippen molar-refractivity contribution in [2.24, 2.45) is 0 Å². The lowest BCUT2D eigenvalue weighted by Crippen LogP contribution is -2.26. The molecule has 114 heavy (non-hydrogen) atoms. The molecule has 0 radical (unpaired) electrons. The van der Waals surface area contributed by atoms with Crippen molar-refractivity contribution in [1.29, 1.82) is 0 Å². The molecular weight excluding hydrogens is 1410 g/mol. The third-order valence-electron chi connectivity index (χ3n) is 25.0. The van der Waals surface area contributed by atoms with Gasteiger partial charge >= 0.3 is 0 Å². The average molecular weight is 1520 g/mol. The van der Waals surface area contributed by atoms with Gasteiger partial charge in [-0.1, -0.05) is 380 Å². The molecule has 4 heteroatoms. The van der Waals surface area contributed by atoms with Gasteiger partial charge in [0.25, 0.3) is 0 Å². The lowest BCUT2D eigenvalue weighted by molar-refractivity contribution is 0.403. The number of hydrogen-bond donors (Lipinski definition) is 0. The Labute approximate surface area is 686 Å². The predicted octanol–water partition coefficient (Wildman–Crippen LogP) is 32.9. The quantitative estimate of drug-likeness (QED) is 0.0316. The summed E-state index contributed by atoms with van der Waals surface area (Å²) >= 11 is 0. The molecule has 0 aliphatic heterocycles. The van der Waals surface area contributed by atoms with Crippen LogP contribution in [-0.2, 0) is 16.2 Å². The zero-order valence-electron chi connectivity index (χ0n) is 67.9. The standard InChI is InChI=1S/C110H108N2.H4P2/c1-7-11-15-29-73-110(72-28-14-10-4)105-49-25-23-47-101(105)103-69-67-99(79-107(103)110)112(97-45-33-43-91(77-97)89-41-31-39-87(75-89)85-56-52-83(53-57-85)81-36-20-17-21-37-81)95-64-60-93(61-65-95)108(5,6)92-58-62-94(63-59-92)111(98-66-68-102-100-46-22-24-48-104(100)109(106(102)78-98,70-26-12-8-2)71-27-13-9-3)96-44-32-42-90(76-96)88-40-30-38-86(74-88)84-54-50-82(51-55-84)80-34-18-16-19-35-80;1-2/h16-25,30-69,74-79H,7-15,26-29,70-73H2,1-6H3;1-2H2. The summed E-state index contributed by atoms with van der Waals surface area (Å²) in [7, 11) is 4.67. The van der Waals surface area contributed by atoms with Gasteiger partial charge in [0.05, 0.1) is 0 Å². The zero-order valence-corrected chi connectivity index (χ0v) is 70.2. The van der Waals surface area contributed by atoms with Crippen molar-refractivity contribution in [1.82, 2.24) is 0 Å². The molecule has 2 nitrogen and oxygen atoms in total. The molecule has 0 amide bonds. The Hall–Kier alpha value is -10.5. The van der Waals surface area contributed by atoms with Gasteiger partial charge in [-0.2, -0.15) is 0 Å². The smallest absolute Gasteiger partial charge is 0.0467 e. The molecule has 572 valence electrons. The molecule has 0 saturated carbocycles. The fourth-order valence-electron chi connectivity index (χ4n) is 18.9. The normalized spacial score (nSPS) is 13.6. The van der Waals surface area contributed by atoms with Crippen molar-refractivity contribution >= 4 is 52.0 Å². The van der Waals surface area contributed by atoms with Gasteiger partial charge < -0.3 is 9.80 Å². The molecule has 0 bridgehead atoms. The first-order valence-electron chi connectivity index (χ1n) is 42.4. The van der Waals surface area contributed by atoms with E-state index < -0.39 is 0 Å². The molecule has 0 fully saturated rings. The second-order valence-electron chi connectivity index (χ2n) is 32.4. The first kappa shape index (κ1) is 78.8. The highest BCUT2D eigenvalue weighted by Crippen LogP contribution is 2.58. The summed E-state index contributed by atoms with van der Waals surface area (Å²) in [5.74, 6) is 0. The second kappa shape index (κ2) is 36.4. The molecule has 0 heterocycles. The van der Waals surface area contributed by atoms with Crippen molar-refractivity contribution < 1.29 is 0 Å². The lowest BCUT2D eigenvalue weighted by Gasteiger charge is -2.34. The van der Waals surface area contributed by atoms with Crippen molar-refractivity contribution in [3.8, 4) is 89.0 Å². The number of benzene rings is 14. The summed E-state index contributed by atoms with van der Waals surface area (Å²) < 4.78 is 0. The van der Waals surface area contributed by atoms with Gasteiger partial charge in [-0.3, -0.25) is 0 Å². The van der Waals surface area contributed by atoms with Crippen LogP contribution >= 0.6 is 17.9 Å². The Balaban J connectivity index is 0.00000508. The van der Waals surface area contributed by atoms with Gasteiger partial charge in [-0.25, -0.2) is 0 Å². The predicted molar refractivity (Wildman–Crippen MR) is 500 cm³/mol. The van der Waals surface area contributed by atoms with Gasteiger partial charge in [-0.15, -0.1) is 17.9 Å². The van der Waals surface area contributed by atoms with Gasteiger partial charge in [0.2, 0.25) is 0 Å². The first-order chi connectivity index (χ1) is 56.1. The van der Waals surface area contributed by atoms with Crippen LogP contribution in [0.25, 0.3) is 89.0 Å². The van der Waals surface area contributed by atoms with E-state index in [0.29, 0.717) is 0 Å². The fraction of sp³-hybridized carbons (Fsp3) is 0.236. The summed E-state index contributed by atoms with van der Waals surface area (Å²) in [6.07, 6.45) is 20.5. The summed E-state index contributed by atoms with van der Waals surface area (Å²) in [6, 6.07) is 129. The van der Waals surface area contributed by atoms with E-state index in [9.17, 15) is 0 Å². The molecule has 14 aromatic carbocycles. The molecule has 2 aliphatic rings.